The predicted molar refractivity (Wildman–Crippen MR) is 103 cm³/mol. The summed E-state index contributed by atoms with van der Waals surface area (Å²) < 4.78 is 16.8. The molecular weight excluding hydrogens is 362 g/mol. The van der Waals surface area contributed by atoms with Crippen LogP contribution >= 0.6 is 0 Å². The number of ether oxygens (including phenoxy) is 3. The van der Waals surface area contributed by atoms with Crippen LogP contribution in [0.1, 0.15) is 51.5 Å². The lowest BCUT2D eigenvalue weighted by Crippen LogP contribution is -2.55. The number of carbonyl (C=O) groups is 1. The van der Waals surface area contributed by atoms with Crippen molar-refractivity contribution in [1.82, 2.24) is 5.32 Å². The highest BCUT2D eigenvalue weighted by molar-refractivity contribution is 5.67. The van der Waals surface area contributed by atoms with Gasteiger partial charge in [-0.1, -0.05) is 38.8 Å². The van der Waals surface area contributed by atoms with E-state index in [1.54, 1.807) is 24.3 Å². The standard InChI is InChI=1S/C21H31NO6/c1-3-17-13(2)18(23)19(24)20(28-17)27-16-10-8-14(9-11-16)12-26-21(25)22-15-6-4-5-7-15/h8-11,13,15,17-20,23-24H,3-7,12H2,1-2H3,(H,22,25). The Bertz CT molecular complexity index is 628. The minimum atomic E-state index is -1.11. The first-order valence-electron chi connectivity index (χ1n) is 10.2. The fourth-order valence-corrected chi connectivity index (χ4v) is 3.86. The molecule has 0 bridgehead atoms. The van der Waals surface area contributed by atoms with Gasteiger partial charge in [-0.3, -0.25) is 0 Å². The van der Waals surface area contributed by atoms with Crippen molar-refractivity contribution in [2.75, 3.05) is 0 Å². The molecule has 1 aliphatic heterocycles. The van der Waals surface area contributed by atoms with Gasteiger partial charge in [-0.05, 0) is 37.0 Å². The Morgan fingerprint density at radius 3 is 2.50 bits per heavy atom. The van der Waals surface area contributed by atoms with Crippen LogP contribution in [0.25, 0.3) is 0 Å². The third-order valence-corrected chi connectivity index (χ3v) is 5.69. The average molecular weight is 393 g/mol. The third-order valence-electron chi connectivity index (χ3n) is 5.69. The van der Waals surface area contributed by atoms with Gasteiger partial charge in [0.1, 0.15) is 18.5 Å². The van der Waals surface area contributed by atoms with Gasteiger partial charge in [0.2, 0.25) is 6.29 Å². The van der Waals surface area contributed by atoms with Gasteiger partial charge in [0.05, 0.1) is 12.2 Å². The molecule has 1 saturated carbocycles. The topological polar surface area (TPSA) is 97.3 Å². The van der Waals surface area contributed by atoms with Crippen LogP contribution in [0.15, 0.2) is 24.3 Å². The van der Waals surface area contributed by atoms with Crippen LogP contribution in [0.2, 0.25) is 0 Å². The van der Waals surface area contributed by atoms with Gasteiger partial charge < -0.3 is 29.7 Å². The molecular formula is C21H31NO6. The largest absolute Gasteiger partial charge is 0.462 e. The molecule has 5 atom stereocenters. The van der Waals surface area contributed by atoms with Crippen molar-refractivity contribution < 1.29 is 29.2 Å². The number of hydrogen-bond acceptors (Lipinski definition) is 6. The minimum absolute atomic E-state index is 0.158. The molecule has 0 spiro atoms. The van der Waals surface area contributed by atoms with Gasteiger partial charge in [0.15, 0.2) is 0 Å². The maximum Gasteiger partial charge on any atom is 0.407 e. The normalized spacial score (nSPS) is 30.8. The van der Waals surface area contributed by atoms with Crippen molar-refractivity contribution in [3.05, 3.63) is 29.8 Å². The zero-order valence-electron chi connectivity index (χ0n) is 16.5. The van der Waals surface area contributed by atoms with E-state index >= 15 is 0 Å². The van der Waals surface area contributed by atoms with Crippen molar-refractivity contribution in [1.29, 1.82) is 0 Å². The van der Waals surface area contributed by atoms with E-state index in [-0.39, 0.29) is 30.8 Å². The summed E-state index contributed by atoms with van der Waals surface area (Å²) in [4.78, 5) is 11.8. The molecule has 1 aliphatic carbocycles. The molecule has 156 valence electrons. The van der Waals surface area contributed by atoms with E-state index in [0.717, 1.165) is 37.7 Å². The maximum atomic E-state index is 11.8. The van der Waals surface area contributed by atoms with Crippen molar-refractivity contribution in [2.24, 2.45) is 5.92 Å². The number of carbonyl (C=O) groups excluding carboxylic acids is 1. The number of benzene rings is 1. The molecule has 2 aliphatic rings. The molecule has 0 radical (unpaired) electrons. The van der Waals surface area contributed by atoms with Crippen LogP contribution < -0.4 is 10.1 Å². The van der Waals surface area contributed by atoms with Crippen LogP contribution in [0.3, 0.4) is 0 Å². The first kappa shape index (κ1) is 20.9. The second-order valence-electron chi connectivity index (χ2n) is 7.76. The predicted octanol–water partition coefficient (Wildman–Crippen LogP) is 2.73. The highest BCUT2D eigenvalue weighted by atomic mass is 16.7. The second kappa shape index (κ2) is 9.58. The Morgan fingerprint density at radius 2 is 1.86 bits per heavy atom. The molecule has 1 saturated heterocycles. The van der Waals surface area contributed by atoms with Gasteiger partial charge >= 0.3 is 6.09 Å². The van der Waals surface area contributed by atoms with Crippen molar-refractivity contribution in [2.45, 2.75) is 83.2 Å². The monoisotopic (exact) mass is 393 g/mol. The molecule has 7 nitrogen and oxygen atoms in total. The smallest absolute Gasteiger partial charge is 0.407 e. The Morgan fingerprint density at radius 1 is 1.18 bits per heavy atom. The van der Waals surface area contributed by atoms with Crippen LogP contribution in [0.4, 0.5) is 4.79 Å². The number of aliphatic hydroxyl groups excluding tert-OH is 2. The maximum absolute atomic E-state index is 11.8. The van der Waals surface area contributed by atoms with E-state index in [1.165, 1.54) is 0 Å². The molecule has 5 unspecified atom stereocenters. The molecule has 1 aromatic rings. The van der Waals surface area contributed by atoms with Crippen molar-refractivity contribution >= 4 is 6.09 Å². The number of nitrogens with one attached hydrogen (secondary N) is 1. The average Bonchev–Trinajstić information content (AvgIpc) is 3.20. The molecule has 3 rings (SSSR count). The summed E-state index contributed by atoms with van der Waals surface area (Å²) in [7, 11) is 0. The number of alkyl carbamates (subject to hydrolysis) is 1. The van der Waals surface area contributed by atoms with Gasteiger partial charge in [-0.2, -0.15) is 0 Å². The fourth-order valence-electron chi connectivity index (χ4n) is 3.86. The fraction of sp³-hybridized carbons (Fsp3) is 0.667. The quantitative estimate of drug-likeness (QED) is 0.688. The Balaban J connectivity index is 1.49. The summed E-state index contributed by atoms with van der Waals surface area (Å²) in [6.07, 6.45) is 1.58. The number of amides is 1. The van der Waals surface area contributed by atoms with Gasteiger partial charge in [-0.15, -0.1) is 0 Å². The summed E-state index contributed by atoms with van der Waals surface area (Å²) >= 11 is 0. The van der Waals surface area contributed by atoms with E-state index in [1.807, 2.05) is 13.8 Å². The SMILES string of the molecule is CCC1OC(Oc2ccc(COC(=O)NC3CCCC3)cc2)C(O)C(O)C1C. The Hall–Kier alpha value is -1.83. The summed E-state index contributed by atoms with van der Waals surface area (Å²) in [5.41, 5.74) is 0.833. The van der Waals surface area contributed by atoms with E-state index in [2.05, 4.69) is 5.32 Å². The number of hydrogen-bond donors (Lipinski definition) is 3. The molecule has 28 heavy (non-hydrogen) atoms. The van der Waals surface area contributed by atoms with E-state index in [0.29, 0.717) is 5.75 Å². The lowest BCUT2D eigenvalue weighted by atomic mass is 9.89. The summed E-state index contributed by atoms with van der Waals surface area (Å²) in [6.45, 7) is 4.01. The lowest BCUT2D eigenvalue weighted by molar-refractivity contribution is -0.255. The summed E-state index contributed by atoms with van der Waals surface area (Å²) in [5, 5.41) is 23.3. The second-order valence-corrected chi connectivity index (χ2v) is 7.76. The van der Waals surface area contributed by atoms with Crippen LogP contribution in [-0.2, 0) is 16.1 Å². The molecule has 1 aromatic carbocycles. The van der Waals surface area contributed by atoms with Gasteiger partial charge in [0, 0.05) is 12.0 Å². The number of aliphatic hydroxyl groups is 2. The Labute approximate surface area is 166 Å². The number of rotatable bonds is 6. The molecule has 2 fully saturated rings. The molecule has 7 heteroatoms. The first-order chi connectivity index (χ1) is 13.5. The molecule has 1 heterocycles. The van der Waals surface area contributed by atoms with Crippen molar-refractivity contribution in [3.63, 3.8) is 0 Å². The van der Waals surface area contributed by atoms with E-state index in [4.69, 9.17) is 14.2 Å². The highest BCUT2D eigenvalue weighted by Gasteiger charge is 2.42. The highest BCUT2D eigenvalue weighted by Crippen LogP contribution is 2.29. The van der Waals surface area contributed by atoms with E-state index in [9.17, 15) is 15.0 Å². The van der Waals surface area contributed by atoms with Crippen LogP contribution in [0, 0.1) is 5.92 Å². The van der Waals surface area contributed by atoms with Gasteiger partial charge in [-0.25, -0.2) is 4.79 Å². The molecule has 3 N–H and O–H groups in total. The zero-order valence-corrected chi connectivity index (χ0v) is 16.5. The minimum Gasteiger partial charge on any atom is -0.462 e. The van der Waals surface area contributed by atoms with Gasteiger partial charge in [0.25, 0.3) is 0 Å². The summed E-state index contributed by atoms with van der Waals surface area (Å²) in [5.74, 6) is 0.356. The van der Waals surface area contributed by atoms with Crippen LogP contribution in [-0.4, -0.2) is 47.0 Å². The first-order valence-corrected chi connectivity index (χ1v) is 10.2. The zero-order chi connectivity index (χ0) is 20.1. The van der Waals surface area contributed by atoms with Crippen molar-refractivity contribution in [3.8, 4) is 5.75 Å². The van der Waals surface area contributed by atoms with Crippen LogP contribution in [0.5, 0.6) is 5.75 Å². The summed E-state index contributed by atoms with van der Waals surface area (Å²) in [6, 6.07) is 7.28. The Kier molecular flexibility index (Phi) is 7.15. The lowest BCUT2D eigenvalue weighted by Gasteiger charge is -2.41. The molecule has 1 amide bonds. The third kappa shape index (κ3) is 5.16. The molecule has 0 aromatic heterocycles. The van der Waals surface area contributed by atoms with E-state index < -0.39 is 18.5 Å².